The van der Waals surface area contributed by atoms with Crippen LogP contribution < -0.4 is 10.5 Å². The second kappa shape index (κ2) is 8.11. The Morgan fingerprint density at radius 3 is 2.61 bits per heavy atom. The maximum atomic E-state index is 13.8. The third-order valence-corrected chi connectivity index (χ3v) is 5.80. The van der Waals surface area contributed by atoms with Crippen molar-refractivity contribution in [2.75, 3.05) is 5.32 Å². The molecule has 3 N–H and O–H groups in total. The fourth-order valence-corrected chi connectivity index (χ4v) is 4.22. The van der Waals surface area contributed by atoms with Crippen LogP contribution in [0.1, 0.15) is 42.4 Å². The molecule has 0 aliphatic heterocycles. The van der Waals surface area contributed by atoms with Crippen LogP contribution in [0.2, 0.25) is 0 Å². The van der Waals surface area contributed by atoms with Crippen molar-refractivity contribution < 1.29 is 35.3 Å². The number of hydrogen-bond donors (Lipinski definition) is 2. The van der Waals surface area contributed by atoms with Gasteiger partial charge in [0.05, 0.1) is 11.9 Å². The van der Waals surface area contributed by atoms with E-state index in [0.29, 0.717) is 18.4 Å². The molecule has 1 aliphatic carbocycles. The molecule has 0 fully saturated rings. The quantitative estimate of drug-likeness (QED) is 0.661. The lowest BCUT2D eigenvalue weighted by molar-refractivity contribution is -0.141. The molecule has 2 amide bonds. The number of nitrogens with one attached hydrogen (secondary N) is 1. The monoisotopic (exact) mass is 470 g/mol. The van der Waals surface area contributed by atoms with Crippen LogP contribution in [0, 0.1) is 5.82 Å². The summed E-state index contributed by atoms with van der Waals surface area (Å²) in [7, 11) is -4.41. The lowest BCUT2D eigenvalue weighted by Gasteiger charge is -2.19. The van der Waals surface area contributed by atoms with Crippen LogP contribution >= 0.6 is 0 Å². The Hall–Kier alpha value is -2.68. The Morgan fingerprint density at radius 2 is 2.06 bits per heavy atom. The molecule has 1 aliphatic rings. The largest absolute Gasteiger partial charge is 0.433 e. The number of aromatic nitrogens is 3. The van der Waals surface area contributed by atoms with E-state index in [1.165, 1.54) is 6.92 Å². The number of rotatable bonds is 4. The molecule has 2 heterocycles. The molecule has 0 unspecified atom stereocenters. The number of pyridine rings is 1. The van der Waals surface area contributed by atoms with Gasteiger partial charge in [-0.15, -0.1) is 4.36 Å². The summed E-state index contributed by atoms with van der Waals surface area (Å²) in [6, 6.07) is -1.44. The van der Waals surface area contributed by atoms with Crippen LogP contribution in [-0.2, 0) is 35.4 Å². The number of nitrogens with zero attached hydrogens (tertiary/aromatic N) is 4. The maximum absolute atomic E-state index is 13.8. The first-order chi connectivity index (χ1) is 14.3. The average Bonchev–Trinajstić information content (AvgIpc) is 3.26. The van der Waals surface area contributed by atoms with Gasteiger partial charge in [-0.25, -0.2) is 28.2 Å². The van der Waals surface area contributed by atoms with E-state index in [0.717, 1.165) is 0 Å². The Balaban J connectivity index is 2.04. The number of carbonyl (C=O) groups excluding carboxylic acids is 1. The van der Waals surface area contributed by atoms with Crippen LogP contribution in [0.25, 0.3) is 0 Å². The average molecular weight is 470 g/mol. The Labute approximate surface area is 172 Å². The number of carbonyl (C=O) groups is 1. The van der Waals surface area contributed by atoms with E-state index in [-0.39, 0.29) is 40.7 Å². The predicted octanol–water partition coefficient (Wildman–Crippen LogP) is 3.81. The van der Waals surface area contributed by atoms with Gasteiger partial charge in [0.15, 0.2) is 15.7 Å². The number of nitrogens with two attached hydrogens (primary N) is 1. The van der Waals surface area contributed by atoms with Crippen molar-refractivity contribution in [3.8, 4) is 0 Å². The van der Waals surface area contributed by atoms with Gasteiger partial charge < -0.3 is 5.32 Å². The van der Waals surface area contributed by atoms with E-state index < -0.39 is 45.2 Å². The highest BCUT2D eigenvalue weighted by Gasteiger charge is 2.38. The van der Waals surface area contributed by atoms with Gasteiger partial charge in [0, 0.05) is 11.3 Å². The Morgan fingerprint density at radius 1 is 1.39 bits per heavy atom. The number of hydrogen-bond acceptors (Lipinski definition) is 4. The Kier molecular flexibility index (Phi) is 6.01. The third kappa shape index (κ3) is 4.51. The molecule has 0 aromatic carbocycles. The highest BCUT2D eigenvalue weighted by atomic mass is 32.2. The standard InChI is InChI=1S/C16H16F6N6O2S/c1-2-7-11(8-4-3-5-10(8)24-12(7)16(20,21)22)25-15(29)27-31(23,30)13-9(17)6-28(26-13)14(18)19/h6,14H,2-5H2,1H3,(H3,23,24,25,27,29,30)/t31-/m0/s1. The van der Waals surface area contributed by atoms with Gasteiger partial charge in [-0.1, -0.05) is 6.92 Å². The van der Waals surface area contributed by atoms with Gasteiger partial charge in [0.25, 0.3) is 0 Å². The zero-order valence-electron chi connectivity index (χ0n) is 15.8. The highest BCUT2D eigenvalue weighted by Crippen LogP contribution is 2.39. The van der Waals surface area contributed by atoms with Crippen LogP contribution in [0.5, 0.6) is 0 Å². The van der Waals surface area contributed by atoms with Gasteiger partial charge in [-0.2, -0.15) is 27.1 Å². The summed E-state index contributed by atoms with van der Waals surface area (Å²) in [6.45, 7) is -1.83. The molecule has 0 radical (unpaired) electrons. The molecule has 0 saturated carbocycles. The van der Waals surface area contributed by atoms with E-state index in [9.17, 15) is 35.3 Å². The summed E-state index contributed by atoms with van der Waals surface area (Å²) in [5.41, 5.74) is -1.10. The van der Waals surface area contributed by atoms with Crippen molar-refractivity contribution in [1.29, 1.82) is 0 Å². The molecule has 0 bridgehead atoms. The topological polar surface area (TPSA) is 115 Å². The molecule has 1 atom stereocenters. The first kappa shape index (κ1) is 23.0. The molecule has 0 saturated heterocycles. The van der Waals surface area contributed by atoms with Crippen LogP contribution in [0.4, 0.5) is 36.8 Å². The number of alkyl halides is 5. The fraction of sp³-hybridized carbons (Fsp3) is 0.438. The van der Waals surface area contributed by atoms with E-state index in [2.05, 4.69) is 19.8 Å². The summed E-state index contributed by atoms with van der Waals surface area (Å²) in [5.74, 6) is -1.48. The van der Waals surface area contributed by atoms with Gasteiger partial charge in [-0.3, -0.25) is 0 Å². The highest BCUT2D eigenvalue weighted by molar-refractivity contribution is 7.91. The minimum atomic E-state index is -4.79. The van der Waals surface area contributed by atoms with Gasteiger partial charge >= 0.3 is 18.8 Å². The number of urea groups is 1. The molecule has 8 nitrogen and oxygen atoms in total. The van der Waals surface area contributed by atoms with Crippen molar-refractivity contribution in [3.63, 3.8) is 0 Å². The summed E-state index contributed by atoms with van der Waals surface area (Å²) in [4.78, 5) is 16.0. The minimum absolute atomic E-state index is 0.143. The molecule has 0 spiro atoms. The van der Waals surface area contributed by atoms with Crippen molar-refractivity contribution >= 4 is 21.6 Å². The number of aryl methyl sites for hydroxylation is 1. The molecule has 2 aromatic heterocycles. The number of halogens is 6. The molecule has 31 heavy (non-hydrogen) atoms. The summed E-state index contributed by atoms with van der Waals surface area (Å²) in [6.07, 6.45) is -3.58. The second-order valence-electron chi connectivity index (χ2n) is 6.57. The SMILES string of the molecule is CCc1c(C(F)(F)F)nc2c(c1NC(=O)N=[S@](N)(=O)c1nn(C(F)F)cc1F)CCC2. The van der Waals surface area contributed by atoms with Gasteiger partial charge in [0.2, 0.25) is 5.03 Å². The summed E-state index contributed by atoms with van der Waals surface area (Å²) in [5, 5.41) is 9.33. The number of amides is 2. The predicted molar refractivity (Wildman–Crippen MR) is 96.1 cm³/mol. The third-order valence-electron chi connectivity index (χ3n) is 4.53. The lowest BCUT2D eigenvalue weighted by atomic mass is 10.0. The first-order valence-electron chi connectivity index (χ1n) is 8.85. The number of fused-ring (bicyclic) bond motifs is 1. The first-order valence-corrected chi connectivity index (χ1v) is 10.4. The second-order valence-corrected chi connectivity index (χ2v) is 8.28. The lowest BCUT2D eigenvalue weighted by Crippen LogP contribution is -2.22. The van der Waals surface area contributed by atoms with Crippen molar-refractivity contribution in [2.24, 2.45) is 9.50 Å². The van der Waals surface area contributed by atoms with E-state index in [4.69, 9.17) is 5.14 Å². The molecule has 15 heteroatoms. The maximum Gasteiger partial charge on any atom is 0.433 e. The molecule has 170 valence electrons. The van der Waals surface area contributed by atoms with Crippen LogP contribution in [0.15, 0.2) is 15.6 Å². The minimum Gasteiger partial charge on any atom is -0.305 e. The van der Waals surface area contributed by atoms with Crippen LogP contribution in [-0.4, -0.2) is 25.0 Å². The zero-order chi connectivity index (χ0) is 23.1. The van der Waals surface area contributed by atoms with E-state index in [1.807, 2.05) is 0 Å². The van der Waals surface area contributed by atoms with Crippen molar-refractivity contribution in [1.82, 2.24) is 14.8 Å². The molecule has 3 rings (SSSR count). The summed E-state index contributed by atoms with van der Waals surface area (Å²) >= 11 is 0. The van der Waals surface area contributed by atoms with Gasteiger partial charge in [0.1, 0.15) is 5.69 Å². The normalized spacial score (nSPS) is 15.6. The molecular formula is C16H16F6N6O2S. The summed E-state index contributed by atoms with van der Waals surface area (Å²) < 4.78 is 94.8. The zero-order valence-corrected chi connectivity index (χ0v) is 16.7. The Bertz CT molecular complexity index is 1150. The van der Waals surface area contributed by atoms with Gasteiger partial charge in [-0.05, 0) is 31.2 Å². The van der Waals surface area contributed by atoms with Crippen LogP contribution in [0.3, 0.4) is 0 Å². The van der Waals surface area contributed by atoms with E-state index >= 15 is 0 Å². The smallest absolute Gasteiger partial charge is 0.305 e. The molecule has 2 aromatic rings. The van der Waals surface area contributed by atoms with Crippen molar-refractivity contribution in [3.05, 3.63) is 34.5 Å². The van der Waals surface area contributed by atoms with Crippen molar-refractivity contribution in [2.45, 2.75) is 50.4 Å². The molecular weight excluding hydrogens is 454 g/mol. The number of anilines is 1. The fourth-order valence-electron chi connectivity index (χ4n) is 3.30. The van der Waals surface area contributed by atoms with E-state index in [1.54, 1.807) is 0 Å².